The predicted octanol–water partition coefficient (Wildman–Crippen LogP) is 2.73. The van der Waals surface area contributed by atoms with Gasteiger partial charge in [-0.05, 0) is 24.1 Å². The van der Waals surface area contributed by atoms with Gasteiger partial charge in [0.25, 0.3) is 5.91 Å². The van der Waals surface area contributed by atoms with Gasteiger partial charge in [-0.3, -0.25) is 4.79 Å². The quantitative estimate of drug-likeness (QED) is 0.849. The summed E-state index contributed by atoms with van der Waals surface area (Å²) in [6.07, 6.45) is 0. The van der Waals surface area contributed by atoms with Crippen molar-refractivity contribution in [2.75, 3.05) is 11.9 Å². The minimum atomic E-state index is -1.01. The lowest BCUT2D eigenvalue weighted by Crippen LogP contribution is -2.28. The molecule has 1 atom stereocenters. The van der Waals surface area contributed by atoms with E-state index in [0.717, 1.165) is 17.5 Å². The Morgan fingerprint density at radius 2 is 2.12 bits per heavy atom. The Labute approximate surface area is 101 Å². The Hall–Kier alpha value is -0.970. The molecule has 0 aromatic heterocycles. The normalized spacial score (nSPS) is 12.2. The van der Waals surface area contributed by atoms with E-state index in [1.54, 1.807) is 0 Å². The molecule has 1 rings (SSSR count). The molecule has 1 unspecified atom stereocenters. The molecule has 5 heteroatoms. The molecule has 1 aromatic carbocycles. The summed E-state index contributed by atoms with van der Waals surface area (Å²) >= 11 is 3.28. The topological polar surface area (TPSA) is 29.1 Å². The SMILES string of the molecule is CC(CBr)CNC(=O)c1ccc(F)c(F)c1. The van der Waals surface area contributed by atoms with E-state index in [1.807, 2.05) is 6.92 Å². The molecule has 0 radical (unpaired) electrons. The van der Waals surface area contributed by atoms with Crippen molar-refractivity contribution in [3.63, 3.8) is 0 Å². The number of nitrogens with one attached hydrogen (secondary N) is 1. The Balaban J connectivity index is 2.63. The number of rotatable bonds is 4. The molecule has 88 valence electrons. The van der Waals surface area contributed by atoms with Crippen molar-refractivity contribution >= 4 is 21.8 Å². The summed E-state index contributed by atoms with van der Waals surface area (Å²) in [6, 6.07) is 3.09. The molecule has 2 nitrogen and oxygen atoms in total. The van der Waals surface area contributed by atoms with Crippen molar-refractivity contribution < 1.29 is 13.6 Å². The summed E-state index contributed by atoms with van der Waals surface area (Å²) in [5.41, 5.74) is 0.126. The number of hydrogen-bond acceptors (Lipinski definition) is 1. The van der Waals surface area contributed by atoms with Gasteiger partial charge in [0.05, 0.1) is 0 Å². The Bertz CT molecular complexity index is 384. The van der Waals surface area contributed by atoms with Crippen molar-refractivity contribution in [2.45, 2.75) is 6.92 Å². The zero-order chi connectivity index (χ0) is 12.1. The van der Waals surface area contributed by atoms with Gasteiger partial charge in [-0.2, -0.15) is 0 Å². The first kappa shape index (κ1) is 13.1. The minimum absolute atomic E-state index is 0.126. The number of carbonyl (C=O) groups is 1. The number of carbonyl (C=O) groups excluding carboxylic acids is 1. The van der Waals surface area contributed by atoms with Crippen molar-refractivity contribution in [1.82, 2.24) is 5.32 Å². The van der Waals surface area contributed by atoms with Crippen LogP contribution in [0.2, 0.25) is 0 Å². The highest BCUT2D eigenvalue weighted by Crippen LogP contribution is 2.08. The van der Waals surface area contributed by atoms with Gasteiger partial charge in [0.15, 0.2) is 11.6 Å². The fourth-order valence-corrected chi connectivity index (χ4v) is 1.29. The van der Waals surface area contributed by atoms with Gasteiger partial charge < -0.3 is 5.32 Å². The van der Waals surface area contributed by atoms with Crippen LogP contribution in [0.3, 0.4) is 0 Å². The van der Waals surface area contributed by atoms with Crippen LogP contribution >= 0.6 is 15.9 Å². The average molecular weight is 292 g/mol. The lowest BCUT2D eigenvalue weighted by molar-refractivity contribution is 0.0949. The molecular weight excluding hydrogens is 280 g/mol. The average Bonchev–Trinajstić information content (AvgIpc) is 2.29. The van der Waals surface area contributed by atoms with Crippen LogP contribution in [0.1, 0.15) is 17.3 Å². The molecular formula is C11H12BrF2NO. The highest BCUT2D eigenvalue weighted by molar-refractivity contribution is 9.09. The lowest BCUT2D eigenvalue weighted by Gasteiger charge is -2.09. The Morgan fingerprint density at radius 1 is 1.44 bits per heavy atom. The van der Waals surface area contributed by atoms with Gasteiger partial charge >= 0.3 is 0 Å². The number of hydrogen-bond donors (Lipinski definition) is 1. The third-order valence-corrected chi connectivity index (χ3v) is 3.16. The maximum absolute atomic E-state index is 12.8. The Kier molecular flexibility index (Phi) is 4.86. The molecule has 1 amide bonds. The van der Waals surface area contributed by atoms with Gasteiger partial charge in [-0.25, -0.2) is 8.78 Å². The fourth-order valence-electron chi connectivity index (χ4n) is 1.06. The minimum Gasteiger partial charge on any atom is -0.352 e. The third-order valence-electron chi connectivity index (χ3n) is 2.06. The van der Waals surface area contributed by atoms with Gasteiger partial charge in [0.2, 0.25) is 0 Å². The van der Waals surface area contributed by atoms with Crippen LogP contribution in [-0.4, -0.2) is 17.8 Å². The van der Waals surface area contributed by atoms with Crippen molar-refractivity contribution in [1.29, 1.82) is 0 Å². The molecule has 0 spiro atoms. The van der Waals surface area contributed by atoms with Crippen LogP contribution in [0, 0.1) is 17.6 Å². The summed E-state index contributed by atoms with van der Waals surface area (Å²) < 4.78 is 25.5. The van der Waals surface area contributed by atoms with Gasteiger partial charge in [-0.1, -0.05) is 22.9 Å². The zero-order valence-corrected chi connectivity index (χ0v) is 10.4. The van der Waals surface area contributed by atoms with Crippen molar-refractivity contribution in [3.05, 3.63) is 35.4 Å². The molecule has 0 saturated carbocycles. The van der Waals surface area contributed by atoms with E-state index in [-0.39, 0.29) is 11.5 Å². The molecule has 16 heavy (non-hydrogen) atoms. The highest BCUT2D eigenvalue weighted by Gasteiger charge is 2.10. The second-order valence-electron chi connectivity index (χ2n) is 3.60. The van der Waals surface area contributed by atoms with E-state index >= 15 is 0 Å². The van der Waals surface area contributed by atoms with Crippen molar-refractivity contribution in [2.24, 2.45) is 5.92 Å². The molecule has 0 aliphatic carbocycles. The van der Waals surface area contributed by atoms with Crippen molar-refractivity contribution in [3.8, 4) is 0 Å². The Morgan fingerprint density at radius 3 is 2.69 bits per heavy atom. The molecule has 1 N–H and O–H groups in total. The lowest BCUT2D eigenvalue weighted by atomic mass is 10.2. The molecule has 0 bridgehead atoms. The second kappa shape index (κ2) is 5.94. The first-order valence-electron chi connectivity index (χ1n) is 4.83. The monoisotopic (exact) mass is 291 g/mol. The van der Waals surface area contributed by atoms with Crippen LogP contribution in [0.5, 0.6) is 0 Å². The molecule has 0 fully saturated rings. The summed E-state index contributed by atoms with van der Waals surface area (Å²) in [5, 5.41) is 3.41. The van der Waals surface area contributed by atoms with E-state index in [2.05, 4.69) is 21.2 Å². The molecule has 1 aromatic rings. The molecule has 0 aliphatic heterocycles. The predicted molar refractivity (Wildman–Crippen MR) is 61.6 cm³/mol. The third kappa shape index (κ3) is 3.56. The van der Waals surface area contributed by atoms with Crippen LogP contribution in [0.15, 0.2) is 18.2 Å². The number of benzene rings is 1. The maximum Gasteiger partial charge on any atom is 0.251 e. The molecule has 0 heterocycles. The summed E-state index contributed by atoms with van der Waals surface area (Å²) in [4.78, 5) is 11.5. The largest absolute Gasteiger partial charge is 0.352 e. The van der Waals surface area contributed by atoms with E-state index in [1.165, 1.54) is 6.07 Å². The van der Waals surface area contributed by atoms with Gasteiger partial charge in [0, 0.05) is 17.4 Å². The highest BCUT2D eigenvalue weighted by atomic mass is 79.9. The summed E-state index contributed by atoms with van der Waals surface area (Å²) in [5.74, 6) is -2.08. The summed E-state index contributed by atoms with van der Waals surface area (Å²) in [6.45, 7) is 2.45. The second-order valence-corrected chi connectivity index (χ2v) is 4.25. The zero-order valence-electron chi connectivity index (χ0n) is 8.77. The smallest absolute Gasteiger partial charge is 0.251 e. The van der Waals surface area contributed by atoms with E-state index in [4.69, 9.17) is 0 Å². The van der Waals surface area contributed by atoms with Gasteiger partial charge in [0.1, 0.15) is 0 Å². The van der Waals surface area contributed by atoms with Gasteiger partial charge in [-0.15, -0.1) is 0 Å². The first-order chi connectivity index (χ1) is 7.54. The van der Waals surface area contributed by atoms with Crippen LogP contribution in [0.4, 0.5) is 8.78 Å². The number of amides is 1. The van der Waals surface area contributed by atoms with Crippen LogP contribution in [-0.2, 0) is 0 Å². The maximum atomic E-state index is 12.8. The van der Waals surface area contributed by atoms with Crippen LogP contribution < -0.4 is 5.32 Å². The van der Waals surface area contributed by atoms with E-state index in [0.29, 0.717) is 6.54 Å². The molecule has 0 saturated heterocycles. The van der Waals surface area contributed by atoms with E-state index in [9.17, 15) is 13.6 Å². The number of alkyl halides is 1. The fraction of sp³-hybridized carbons (Fsp3) is 0.364. The number of halogens is 3. The van der Waals surface area contributed by atoms with E-state index < -0.39 is 17.5 Å². The summed E-state index contributed by atoms with van der Waals surface area (Å²) in [7, 11) is 0. The molecule has 0 aliphatic rings. The standard InChI is InChI=1S/C11H12BrF2NO/c1-7(5-12)6-15-11(16)8-2-3-9(13)10(14)4-8/h2-4,7H,5-6H2,1H3,(H,15,16). The first-order valence-corrected chi connectivity index (χ1v) is 5.96. The van der Waals surface area contributed by atoms with Crippen LogP contribution in [0.25, 0.3) is 0 Å².